The van der Waals surface area contributed by atoms with Crippen LogP contribution in [0.5, 0.6) is 0 Å². The van der Waals surface area contributed by atoms with Gasteiger partial charge in [-0.2, -0.15) is 0 Å². The summed E-state index contributed by atoms with van der Waals surface area (Å²) < 4.78 is 0. The zero-order chi connectivity index (χ0) is 17.5. The molecule has 0 spiro atoms. The highest BCUT2D eigenvalue weighted by atomic mass is 14.9. The molecule has 24 heavy (non-hydrogen) atoms. The number of nitrogen functional groups attached to an aromatic ring is 1. The Kier molecular flexibility index (Phi) is 6.36. The van der Waals surface area contributed by atoms with Gasteiger partial charge in [-0.3, -0.25) is 4.99 Å². The second-order valence-electron chi connectivity index (χ2n) is 6.10. The number of nitrogens with two attached hydrogens (primary N) is 1. The predicted octanol–water partition coefficient (Wildman–Crippen LogP) is 4.68. The van der Waals surface area contributed by atoms with Gasteiger partial charge in [-0.15, -0.1) is 0 Å². The lowest BCUT2D eigenvalue weighted by Crippen LogP contribution is -2.06. The lowest BCUT2D eigenvalue weighted by Gasteiger charge is -2.13. The zero-order valence-corrected chi connectivity index (χ0v) is 15.0. The Morgan fingerprint density at radius 1 is 1.38 bits per heavy atom. The fourth-order valence-corrected chi connectivity index (χ4v) is 2.87. The van der Waals surface area contributed by atoms with Crippen molar-refractivity contribution in [2.75, 3.05) is 12.3 Å². The van der Waals surface area contributed by atoms with Gasteiger partial charge in [-0.1, -0.05) is 25.6 Å². The summed E-state index contributed by atoms with van der Waals surface area (Å²) in [4.78, 5) is 9.28. The first-order valence-electron chi connectivity index (χ1n) is 8.64. The number of anilines is 1. The summed E-state index contributed by atoms with van der Waals surface area (Å²) >= 11 is 0. The molecule has 1 aromatic carbocycles. The Labute approximate surface area is 144 Å². The lowest BCUT2D eigenvalue weighted by atomic mass is 9.98. The van der Waals surface area contributed by atoms with Gasteiger partial charge < -0.3 is 11.1 Å². The SMILES string of the molecule is C=CNCCCCc1cccc2nc(N)c(N=C(C)CC)c(C)c12. The van der Waals surface area contributed by atoms with Crippen molar-refractivity contribution in [2.24, 2.45) is 4.99 Å². The van der Waals surface area contributed by atoms with Crippen LogP contribution in [0.25, 0.3) is 10.9 Å². The predicted molar refractivity (Wildman–Crippen MR) is 105 cm³/mol. The maximum absolute atomic E-state index is 6.16. The Morgan fingerprint density at radius 3 is 2.88 bits per heavy atom. The van der Waals surface area contributed by atoms with Crippen LogP contribution in [0.4, 0.5) is 11.5 Å². The van der Waals surface area contributed by atoms with E-state index in [9.17, 15) is 0 Å². The summed E-state index contributed by atoms with van der Waals surface area (Å²) in [6.07, 6.45) is 5.92. The van der Waals surface area contributed by atoms with Gasteiger partial charge in [0, 0.05) is 17.6 Å². The molecule has 0 bridgehead atoms. The van der Waals surface area contributed by atoms with Crippen LogP contribution in [0.15, 0.2) is 36.0 Å². The molecule has 0 aliphatic heterocycles. The average Bonchev–Trinajstić information content (AvgIpc) is 2.58. The van der Waals surface area contributed by atoms with E-state index in [1.807, 2.05) is 13.0 Å². The molecule has 128 valence electrons. The van der Waals surface area contributed by atoms with Gasteiger partial charge in [-0.05, 0) is 62.9 Å². The Hall–Kier alpha value is -2.36. The van der Waals surface area contributed by atoms with Crippen LogP contribution < -0.4 is 11.1 Å². The van der Waals surface area contributed by atoms with Crippen molar-refractivity contribution in [2.45, 2.75) is 46.5 Å². The highest BCUT2D eigenvalue weighted by Gasteiger charge is 2.12. The Bertz CT molecular complexity index is 747. The van der Waals surface area contributed by atoms with E-state index in [4.69, 9.17) is 10.7 Å². The molecule has 1 aromatic heterocycles. The molecule has 0 unspecified atom stereocenters. The Balaban J connectivity index is 2.39. The van der Waals surface area contributed by atoms with E-state index in [1.54, 1.807) is 6.20 Å². The number of rotatable bonds is 8. The maximum Gasteiger partial charge on any atom is 0.150 e. The van der Waals surface area contributed by atoms with E-state index in [1.165, 1.54) is 10.9 Å². The van der Waals surface area contributed by atoms with Crippen molar-refractivity contribution < 1.29 is 0 Å². The topological polar surface area (TPSA) is 63.3 Å². The first-order chi connectivity index (χ1) is 11.6. The highest BCUT2D eigenvalue weighted by molar-refractivity contribution is 5.95. The van der Waals surface area contributed by atoms with Crippen molar-refractivity contribution in [1.82, 2.24) is 10.3 Å². The quantitative estimate of drug-likeness (QED) is 0.547. The molecule has 2 aromatic rings. The lowest BCUT2D eigenvalue weighted by molar-refractivity contribution is 0.697. The number of hydrogen-bond donors (Lipinski definition) is 2. The van der Waals surface area contributed by atoms with Crippen LogP contribution in [0.2, 0.25) is 0 Å². The minimum absolute atomic E-state index is 0.514. The first kappa shape index (κ1) is 18.0. The first-order valence-corrected chi connectivity index (χ1v) is 8.64. The van der Waals surface area contributed by atoms with Crippen molar-refractivity contribution in [1.29, 1.82) is 0 Å². The van der Waals surface area contributed by atoms with E-state index in [-0.39, 0.29) is 0 Å². The summed E-state index contributed by atoms with van der Waals surface area (Å²) in [6.45, 7) is 10.9. The molecule has 0 aliphatic carbocycles. The maximum atomic E-state index is 6.16. The van der Waals surface area contributed by atoms with Gasteiger partial charge in [0.15, 0.2) is 0 Å². The molecule has 0 radical (unpaired) electrons. The van der Waals surface area contributed by atoms with Crippen LogP contribution in [-0.4, -0.2) is 17.2 Å². The van der Waals surface area contributed by atoms with Crippen LogP contribution in [-0.2, 0) is 6.42 Å². The third-order valence-corrected chi connectivity index (χ3v) is 4.32. The minimum Gasteiger partial charge on any atom is -0.391 e. The molecule has 0 atom stereocenters. The van der Waals surface area contributed by atoms with Crippen LogP contribution in [0, 0.1) is 6.92 Å². The highest BCUT2D eigenvalue weighted by Crippen LogP contribution is 2.34. The molecular formula is C20H28N4. The van der Waals surface area contributed by atoms with E-state index in [0.29, 0.717) is 5.82 Å². The Morgan fingerprint density at radius 2 is 2.17 bits per heavy atom. The van der Waals surface area contributed by atoms with Crippen LogP contribution in [0.1, 0.15) is 44.2 Å². The molecule has 0 amide bonds. The molecule has 0 fully saturated rings. The molecule has 4 nitrogen and oxygen atoms in total. The van der Waals surface area contributed by atoms with Crippen molar-refractivity contribution >= 4 is 28.1 Å². The van der Waals surface area contributed by atoms with Crippen molar-refractivity contribution in [3.05, 3.63) is 42.1 Å². The molecule has 0 saturated heterocycles. The van der Waals surface area contributed by atoms with Crippen molar-refractivity contribution in [3.63, 3.8) is 0 Å². The molecule has 4 heteroatoms. The third kappa shape index (κ3) is 4.13. The number of fused-ring (bicyclic) bond motifs is 1. The molecular weight excluding hydrogens is 296 g/mol. The number of hydrogen-bond acceptors (Lipinski definition) is 4. The second-order valence-corrected chi connectivity index (χ2v) is 6.10. The van der Waals surface area contributed by atoms with Crippen LogP contribution >= 0.6 is 0 Å². The summed E-state index contributed by atoms with van der Waals surface area (Å²) in [6, 6.07) is 6.28. The molecule has 3 N–H and O–H groups in total. The van der Waals surface area contributed by atoms with Gasteiger partial charge in [0.2, 0.25) is 0 Å². The van der Waals surface area contributed by atoms with Crippen LogP contribution in [0.3, 0.4) is 0 Å². The van der Waals surface area contributed by atoms with Gasteiger partial charge in [-0.25, -0.2) is 4.98 Å². The molecule has 1 heterocycles. The number of unbranched alkanes of at least 4 members (excludes halogenated alkanes) is 1. The van der Waals surface area contributed by atoms with Gasteiger partial charge in [0.1, 0.15) is 11.5 Å². The summed E-state index contributed by atoms with van der Waals surface area (Å²) in [7, 11) is 0. The standard InChI is InChI=1S/C20H28N4/c1-5-14(3)23-19-15(4)18-16(10-7-8-13-22-6-2)11-9-12-17(18)24-20(19)21/h6,9,11-12,22H,2,5,7-8,10,13H2,1,3-4H3,(H2,21,24). The van der Waals surface area contributed by atoms with E-state index < -0.39 is 0 Å². The molecule has 2 rings (SSSR count). The number of benzene rings is 1. The van der Waals surface area contributed by atoms with Gasteiger partial charge in [0.25, 0.3) is 0 Å². The van der Waals surface area contributed by atoms with E-state index in [2.05, 4.69) is 42.9 Å². The van der Waals surface area contributed by atoms with Gasteiger partial charge in [0.05, 0.1) is 5.52 Å². The zero-order valence-electron chi connectivity index (χ0n) is 15.0. The number of aliphatic imine (C=N–C) groups is 1. The van der Waals surface area contributed by atoms with E-state index in [0.717, 1.165) is 54.7 Å². The largest absolute Gasteiger partial charge is 0.391 e. The van der Waals surface area contributed by atoms with E-state index >= 15 is 0 Å². The summed E-state index contributed by atoms with van der Waals surface area (Å²) in [5.41, 5.74) is 11.5. The number of aryl methyl sites for hydroxylation is 2. The fraction of sp³-hybridized carbons (Fsp3) is 0.400. The number of nitrogens with zero attached hydrogens (tertiary/aromatic N) is 2. The second kappa shape index (κ2) is 8.48. The molecule has 0 aliphatic rings. The third-order valence-electron chi connectivity index (χ3n) is 4.32. The summed E-state index contributed by atoms with van der Waals surface area (Å²) in [5, 5.41) is 4.34. The number of pyridine rings is 1. The molecule has 0 saturated carbocycles. The smallest absolute Gasteiger partial charge is 0.150 e. The number of aromatic nitrogens is 1. The summed E-state index contributed by atoms with van der Waals surface area (Å²) in [5.74, 6) is 0.514. The normalized spacial score (nSPS) is 11.7. The average molecular weight is 324 g/mol. The van der Waals surface area contributed by atoms with Gasteiger partial charge >= 0.3 is 0 Å². The number of nitrogens with one attached hydrogen (secondary N) is 1. The van der Waals surface area contributed by atoms with Crippen molar-refractivity contribution in [3.8, 4) is 0 Å². The minimum atomic E-state index is 0.514. The monoisotopic (exact) mass is 324 g/mol. The fourth-order valence-electron chi connectivity index (χ4n) is 2.87.